The third-order valence-corrected chi connectivity index (χ3v) is 4.48. The Morgan fingerprint density at radius 1 is 1.23 bits per heavy atom. The zero-order valence-corrected chi connectivity index (χ0v) is 8.37. The van der Waals surface area contributed by atoms with Crippen molar-refractivity contribution >= 4 is 0 Å². The second-order valence-corrected chi connectivity index (χ2v) is 4.99. The predicted molar refractivity (Wildman–Crippen MR) is 55.3 cm³/mol. The van der Waals surface area contributed by atoms with Crippen LogP contribution < -0.4 is 0 Å². The second-order valence-electron chi connectivity index (χ2n) is 4.99. The van der Waals surface area contributed by atoms with Gasteiger partial charge in [0.2, 0.25) is 0 Å². The van der Waals surface area contributed by atoms with Gasteiger partial charge in [0, 0.05) is 5.92 Å². The van der Waals surface area contributed by atoms with Crippen molar-refractivity contribution < 1.29 is 0 Å². The van der Waals surface area contributed by atoms with Crippen molar-refractivity contribution in [2.24, 2.45) is 23.7 Å². The molecule has 0 aromatic carbocycles. The number of rotatable bonds is 0. The number of allylic oxidation sites excluding steroid dienone is 4. The molecular formula is C13H18. The molecule has 3 aliphatic carbocycles. The Balaban J connectivity index is 1.94. The van der Waals surface area contributed by atoms with Crippen molar-refractivity contribution in [2.75, 3.05) is 0 Å². The van der Waals surface area contributed by atoms with Gasteiger partial charge >= 0.3 is 0 Å². The number of hydrogen-bond donors (Lipinski definition) is 0. The summed E-state index contributed by atoms with van der Waals surface area (Å²) in [5.74, 6) is 3.74. The highest BCUT2D eigenvalue weighted by atomic mass is 14.5. The maximum absolute atomic E-state index is 2.46. The molecule has 0 heterocycles. The lowest BCUT2D eigenvalue weighted by Gasteiger charge is -2.28. The lowest BCUT2D eigenvalue weighted by molar-refractivity contribution is 0.243. The van der Waals surface area contributed by atoms with Gasteiger partial charge in [0.25, 0.3) is 0 Å². The third kappa shape index (κ3) is 0.978. The molecule has 4 unspecified atom stereocenters. The average Bonchev–Trinajstić information content (AvgIpc) is 2.72. The van der Waals surface area contributed by atoms with Gasteiger partial charge in [0.1, 0.15) is 0 Å². The van der Waals surface area contributed by atoms with Crippen molar-refractivity contribution in [3.63, 3.8) is 0 Å². The van der Waals surface area contributed by atoms with Crippen molar-refractivity contribution in [1.29, 1.82) is 0 Å². The summed E-state index contributed by atoms with van der Waals surface area (Å²) in [5.41, 5.74) is 1.78. The van der Waals surface area contributed by atoms with Crippen molar-refractivity contribution in [3.05, 3.63) is 23.8 Å². The quantitative estimate of drug-likeness (QED) is 0.527. The molecule has 0 bridgehead atoms. The van der Waals surface area contributed by atoms with Crippen LogP contribution in [0.1, 0.15) is 32.6 Å². The second kappa shape index (κ2) is 2.73. The molecule has 2 saturated carbocycles. The fourth-order valence-electron chi connectivity index (χ4n) is 3.83. The molecule has 0 amide bonds. The molecule has 13 heavy (non-hydrogen) atoms. The first-order chi connectivity index (χ1) is 6.38. The van der Waals surface area contributed by atoms with Crippen LogP contribution in [0.5, 0.6) is 0 Å². The minimum absolute atomic E-state index is 0.827. The highest BCUT2D eigenvalue weighted by Gasteiger charge is 2.44. The monoisotopic (exact) mass is 174 g/mol. The van der Waals surface area contributed by atoms with Gasteiger partial charge in [-0.05, 0) is 30.6 Å². The Bertz CT molecular complexity index is 272. The van der Waals surface area contributed by atoms with Gasteiger partial charge in [-0.1, -0.05) is 43.6 Å². The fraction of sp³-hybridized carbons (Fsp3) is 0.692. The molecule has 0 aromatic heterocycles. The van der Waals surface area contributed by atoms with Gasteiger partial charge in [-0.3, -0.25) is 0 Å². The van der Waals surface area contributed by atoms with E-state index in [4.69, 9.17) is 0 Å². The van der Waals surface area contributed by atoms with E-state index in [1.54, 1.807) is 5.57 Å². The number of hydrogen-bond acceptors (Lipinski definition) is 0. The zero-order valence-electron chi connectivity index (χ0n) is 8.37. The van der Waals surface area contributed by atoms with E-state index in [2.05, 4.69) is 25.2 Å². The van der Waals surface area contributed by atoms with Gasteiger partial charge in [0.15, 0.2) is 0 Å². The summed E-state index contributed by atoms with van der Waals surface area (Å²) >= 11 is 0. The molecular weight excluding hydrogens is 156 g/mol. The van der Waals surface area contributed by atoms with Gasteiger partial charge in [-0.25, -0.2) is 0 Å². The van der Waals surface area contributed by atoms with E-state index in [0.29, 0.717) is 0 Å². The van der Waals surface area contributed by atoms with E-state index >= 15 is 0 Å². The molecule has 0 radical (unpaired) electrons. The standard InChI is InChI=1S/C13H18/c1-9-10-5-2-3-6-12(10)13-8-4-7-11(9)13/h4,7-12H,2-3,5-6H2,1H3. The van der Waals surface area contributed by atoms with Gasteiger partial charge in [-0.2, -0.15) is 0 Å². The summed E-state index contributed by atoms with van der Waals surface area (Å²) < 4.78 is 0. The van der Waals surface area contributed by atoms with Crippen LogP contribution in [-0.4, -0.2) is 0 Å². The van der Waals surface area contributed by atoms with E-state index in [0.717, 1.165) is 23.7 Å². The molecule has 2 fully saturated rings. The molecule has 70 valence electrons. The predicted octanol–water partition coefficient (Wildman–Crippen LogP) is 3.55. The molecule has 0 N–H and O–H groups in total. The maximum Gasteiger partial charge on any atom is 0.00144 e. The van der Waals surface area contributed by atoms with Crippen LogP contribution in [0.3, 0.4) is 0 Å². The molecule has 0 heteroatoms. The summed E-state index contributed by atoms with van der Waals surface area (Å²) in [5, 5.41) is 0. The zero-order chi connectivity index (χ0) is 8.84. The largest absolute Gasteiger partial charge is 0.0770 e. The summed E-state index contributed by atoms with van der Waals surface area (Å²) in [4.78, 5) is 0. The summed E-state index contributed by atoms with van der Waals surface area (Å²) in [6, 6.07) is 0. The Hall–Kier alpha value is -0.520. The molecule has 0 aliphatic heterocycles. The van der Waals surface area contributed by atoms with Crippen LogP contribution >= 0.6 is 0 Å². The molecule has 3 aliphatic rings. The Morgan fingerprint density at radius 2 is 2.08 bits per heavy atom. The Kier molecular flexibility index (Phi) is 1.65. The minimum atomic E-state index is 0.827. The van der Waals surface area contributed by atoms with Crippen LogP contribution in [0.25, 0.3) is 0 Å². The van der Waals surface area contributed by atoms with Crippen molar-refractivity contribution in [2.45, 2.75) is 32.6 Å². The molecule has 0 aromatic rings. The lowest BCUT2D eigenvalue weighted by Crippen LogP contribution is -2.18. The first kappa shape index (κ1) is 7.84. The molecule has 0 saturated heterocycles. The SMILES string of the molecule is CC1C2C=CC=C2C2CCCCC21. The van der Waals surface area contributed by atoms with Crippen LogP contribution in [-0.2, 0) is 0 Å². The Labute approximate surface area is 80.7 Å². The first-order valence-electron chi connectivity index (χ1n) is 5.76. The Morgan fingerprint density at radius 3 is 3.00 bits per heavy atom. The highest BCUT2D eigenvalue weighted by molar-refractivity contribution is 5.34. The topological polar surface area (TPSA) is 0 Å². The van der Waals surface area contributed by atoms with E-state index in [1.807, 2.05) is 0 Å². The van der Waals surface area contributed by atoms with E-state index in [9.17, 15) is 0 Å². The smallest absolute Gasteiger partial charge is 0.00144 e. The molecule has 0 spiro atoms. The van der Waals surface area contributed by atoms with E-state index in [-0.39, 0.29) is 0 Å². The van der Waals surface area contributed by atoms with Crippen molar-refractivity contribution in [3.8, 4) is 0 Å². The summed E-state index contributed by atoms with van der Waals surface area (Å²) in [6.07, 6.45) is 13.0. The summed E-state index contributed by atoms with van der Waals surface area (Å²) in [7, 11) is 0. The lowest BCUT2D eigenvalue weighted by atomic mass is 9.77. The third-order valence-electron chi connectivity index (χ3n) is 4.48. The molecule has 0 nitrogen and oxygen atoms in total. The summed E-state index contributed by atoms with van der Waals surface area (Å²) in [6.45, 7) is 2.46. The number of fused-ring (bicyclic) bond motifs is 3. The molecule has 4 atom stereocenters. The van der Waals surface area contributed by atoms with Gasteiger partial charge in [-0.15, -0.1) is 0 Å². The van der Waals surface area contributed by atoms with Crippen LogP contribution in [0, 0.1) is 23.7 Å². The van der Waals surface area contributed by atoms with E-state index < -0.39 is 0 Å². The molecule has 3 rings (SSSR count). The van der Waals surface area contributed by atoms with Crippen LogP contribution in [0.4, 0.5) is 0 Å². The first-order valence-corrected chi connectivity index (χ1v) is 5.76. The fourth-order valence-corrected chi connectivity index (χ4v) is 3.83. The van der Waals surface area contributed by atoms with Crippen LogP contribution in [0.15, 0.2) is 23.8 Å². The van der Waals surface area contributed by atoms with Crippen LogP contribution in [0.2, 0.25) is 0 Å². The maximum atomic E-state index is 2.46. The minimum Gasteiger partial charge on any atom is -0.0770 e. The van der Waals surface area contributed by atoms with Crippen molar-refractivity contribution in [1.82, 2.24) is 0 Å². The average molecular weight is 174 g/mol. The van der Waals surface area contributed by atoms with E-state index in [1.165, 1.54) is 25.7 Å². The van der Waals surface area contributed by atoms with Gasteiger partial charge < -0.3 is 0 Å². The normalized spacial score (nSPS) is 47.3. The van der Waals surface area contributed by atoms with Gasteiger partial charge in [0.05, 0.1) is 0 Å². The highest BCUT2D eigenvalue weighted by Crippen LogP contribution is 2.53.